The van der Waals surface area contributed by atoms with E-state index in [1.54, 1.807) is 30.3 Å². The van der Waals surface area contributed by atoms with Gasteiger partial charge in [-0.25, -0.2) is 4.79 Å². The van der Waals surface area contributed by atoms with Crippen LogP contribution in [0.4, 0.5) is 0 Å². The normalized spacial score (nSPS) is 12.9. The molecule has 0 radical (unpaired) electrons. The van der Waals surface area contributed by atoms with Crippen LogP contribution in [0.3, 0.4) is 0 Å². The number of hydrogen-bond acceptors (Lipinski definition) is 4. The van der Waals surface area contributed by atoms with Gasteiger partial charge in [-0.3, -0.25) is 9.59 Å². The minimum Gasteiger partial charge on any atom is -0.467 e. The van der Waals surface area contributed by atoms with Crippen LogP contribution in [0.5, 0.6) is 0 Å². The average Bonchev–Trinajstić information content (AvgIpc) is 2.56. The Bertz CT molecular complexity index is 516. The third kappa shape index (κ3) is 5.20. The molecule has 0 bridgehead atoms. The Kier molecular flexibility index (Phi) is 7.08. The molecule has 0 aromatic heterocycles. The molecule has 22 heavy (non-hydrogen) atoms. The van der Waals surface area contributed by atoms with Gasteiger partial charge in [0.1, 0.15) is 6.04 Å². The highest BCUT2D eigenvalue weighted by atomic mass is 16.5. The summed E-state index contributed by atoms with van der Waals surface area (Å²) in [7, 11) is 1.28. The van der Waals surface area contributed by atoms with Gasteiger partial charge in [-0.05, 0) is 18.1 Å². The average molecular weight is 306 g/mol. The maximum atomic E-state index is 11.9. The van der Waals surface area contributed by atoms with Crippen LogP contribution in [0.15, 0.2) is 30.3 Å². The summed E-state index contributed by atoms with van der Waals surface area (Å²) in [6.07, 6.45) is 0.719. The van der Waals surface area contributed by atoms with E-state index < -0.39 is 17.9 Å². The molecule has 2 atom stereocenters. The first-order valence-electron chi connectivity index (χ1n) is 7.20. The maximum Gasteiger partial charge on any atom is 0.328 e. The molecule has 1 aromatic rings. The number of carbonyl (C=O) groups is 3. The Morgan fingerprint density at radius 3 is 2.36 bits per heavy atom. The molecule has 0 aliphatic heterocycles. The molecule has 0 heterocycles. The van der Waals surface area contributed by atoms with Gasteiger partial charge in [0.2, 0.25) is 5.91 Å². The van der Waals surface area contributed by atoms with Gasteiger partial charge in [-0.2, -0.15) is 0 Å². The van der Waals surface area contributed by atoms with E-state index in [-0.39, 0.29) is 18.4 Å². The number of rotatable bonds is 7. The lowest BCUT2D eigenvalue weighted by Gasteiger charge is -2.21. The summed E-state index contributed by atoms with van der Waals surface area (Å²) < 4.78 is 4.69. The molecule has 6 nitrogen and oxygen atoms in total. The Balaban J connectivity index is 2.54. The zero-order valence-electron chi connectivity index (χ0n) is 13.1. The van der Waals surface area contributed by atoms with E-state index in [1.165, 1.54) is 7.11 Å². The number of carbonyl (C=O) groups excluding carboxylic acids is 3. The van der Waals surface area contributed by atoms with Gasteiger partial charge in [-0.1, -0.05) is 38.5 Å². The van der Waals surface area contributed by atoms with Crippen molar-refractivity contribution in [2.45, 2.75) is 26.3 Å². The molecule has 0 fully saturated rings. The van der Waals surface area contributed by atoms with Crippen LogP contribution in [0, 0.1) is 5.92 Å². The Labute approximate surface area is 130 Å². The second-order valence-electron chi connectivity index (χ2n) is 5.00. The van der Waals surface area contributed by atoms with Gasteiger partial charge in [-0.15, -0.1) is 0 Å². The molecule has 0 saturated carbocycles. The van der Waals surface area contributed by atoms with Crippen LogP contribution in [0.2, 0.25) is 0 Å². The number of nitrogens with one attached hydrogen (secondary N) is 2. The predicted octanol–water partition coefficient (Wildman–Crippen LogP) is 1.12. The number of esters is 1. The van der Waals surface area contributed by atoms with Crippen molar-refractivity contribution in [1.29, 1.82) is 0 Å². The van der Waals surface area contributed by atoms with E-state index in [0.29, 0.717) is 5.56 Å². The largest absolute Gasteiger partial charge is 0.467 e. The fourth-order valence-electron chi connectivity index (χ4n) is 1.87. The fourth-order valence-corrected chi connectivity index (χ4v) is 1.87. The first kappa shape index (κ1) is 17.7. The van der Waals surface area contributed by atoms with E-state index in [4.69, 9.17) is 4.74 Å². The number of amides is 2. The van der Waals surface area contributed by atoms with Crippen molar-refractivity contribution in [3.63, 3.8) is 0 Å². The van der Waals surface area contributed by atoms with Gasteiger partial charge in [0.05, 0.1) is 13.7 Å². The van der Waals surface area contributed by atoms with E-state index >= 15 is 0 Å². The van der Waals surface area contributed by atoms with E-state index in [9.17, 15) is 14.4 Å². The molecule has 0 saturated heterocycles. The van der Waals surface area contributed by atoms with Crippen LogP contribution in [-0.2, 0) is 14.3 Å². The number of benzene rings is 1. The predicted molar refractivity (Wildman–Crippen MR) is 82.2 cm³/mol. The van der Waals surface area contributed by atoms with Crippen molar-refractivity contribution >= 4 is 17.8 Å². The van der Waals surface area contributed by atoms with Gasteiger partial charge < -0.3 is 15.4 Å². The molecule has 2 amide bonds. The van der Waals surface area contributed by atoms with Gasteiger partial charge >= 0.3 is 5.97 Å². The highest BCUT2D eigenvalue weighted by Gasteiger charge is 2.26. The summed E-state index contributed by atoms with van der Waals surface area (Å²) in [5.74, 6) is -1.31. The van der Waals surface area contributed by atoms with Crippen molar-refractivity contribution in [1.82, 2.24) is 10.6 Å². The smallest absolute Gasteiger partial charge is 0.328 e. The van der Waals surface area contributed by atoms with Crippen molar-refractivity contribution in [3.8, 4) is 0 Å². The highest BCUT2D eigenvalue weighted by Crippen LogP contribution is 2.09. The van der Waals surface area contributed by atoms with Gasteiger partial charge in [0.25, 0.3) is 5.91 Å². The summed E-state index contributed by atoms with van der Waals surface area (Å²) in [6.45, 7) is 3.58. The molecule has 6 heteroatoms. The quantitative estimate of drug-likeness (QED) is 0.739. The Morgan fingerprint density at radius 1 is 1.18 bits per heavy atom. The minimum atomic E-state index is -0.712. The monoisotopic (exact) mass is 306 g/mol. The molecule has 0 aliphatic carbocycles. The Hall–Kier alpha value is -2.37. The Morgan fingerprint density at radius 2 is 1.82 bits per heavy atom. The van der Waals surface area contributed by atoms with Crippen LogP contribution in [0.25, 0.3) is 0 Å². The second-order valence-corrected chi connectivity index (χ2v) is 5.00. The minimum absolute atomic E-state index is 0.0544. The summed E-state index contributed by atoms with van der Waals surface area (Å²) in [5, 5.41) is 5.11. The van der Waals surface area contributed by atoms with E-state index in [1.807, 2.05) is 13.8 Å². The summed E-state index contributed by atoms with van der Waals surface area (Å²) >= 11 is 0. The number of ether oxygens (including phenoxy) is 1. The number of methoxy groups -OCH3 is 1. The SMILES string of the molecule is CC[C@H](C)[C@@H](NC(=O)CNC(=O)c1ccccc1)C(=O)OC. The maximum absolute atomic E-state index is 11.9. The van der Waals surface area contributed by atoms with Crippen molar-refractivity contribution in [3.05, 3.63) is 35.9 Å². The molecule has 0 spiro atoms. The summed E-state index contributed by atoms with van der Waals surface area (Å²) in [5.41, 5.74) is 0.474. The summed E-state index contributed by atoms with van der Waals surface area (Å²) in [4.78, 5) is 35.4. The van der Waals surface area contributed by atoms with Crippen molar-refractivity contribution in [2.75, 3.05) is 13.7 Å². The fraction of sp³-hybridized carbons (Fsp3) is 0.438. The molecular weight excluding hydrogens is 284 g/mol. The standard InChI is InChI=1S/C16H22N2O4/c1-4-11(2)14(16(21)22-3)18-13(19)10-17-15(20)12-8-6-5-7-9-12/h5-9,11,14H,4,10H2,1-3H3,(H,17,20)(H,18,19)/t11-,14+/m0/s1. The topological polar surface area (TPSA) is 84.5 Å². The lowest BCUT2D eigenvalue weighted by Crippen LogP contribution is -2.49. The van der Waals surface area contributed by atoms with Gasteiger partial charge in [0, 0.05) is 5.56 Å². The van der Waals surface area contributed by atoms with E-state index in [2.05, 4.69) is 10.6 Å². The molecule has 0 unspecified atom stereocenters. The molecule has 1 aromatic carbocycles. The molecule has 120 valence electrons. The lowest BCUT2D eigenvalue weighted by molar-refractivity contribution is -0.146. The van der Waals surface area contributed by atoms with Crippen molar-refractivity contribution in [2.24, 2.45) is 5.92 Å². The second kappa shape index (κ2) is 8.81. The third-order valence-electron chi connectivity index (χ3n) is 3.43. The van der Waals surface area contributed by atoms with Crippen LogP contribution in [-0.4, -0.2) is 37.5 Å². The zero-order chi connectivity index (χ0) is 16.5. The number of hydrogen-bond donors (Lipinski definition) is 2. The van der Waals surface area contributed by atoms with Crippen LogP contribution >= 0.6 is 0 Å². The van der Waals surface area contributed by atoms with E-state index in [0.717, 1.165) is 6.42 Å². The van der Waals surface area contributed by atoms with Crippen LogP contribution < -0.4 is 10.6 Å². The molecule has 1 rings (SSSR count). The van der Waals surface area contributed by atoms with Crippen molar-refractivity contribution < 1.29 is 19.1 Å². The van der Waals surface area contributed by atoms with Gasteiger partial charge in [0.15, 0.2) is 0 Å². The van der Waals surface area contributed by atoms with Crippen LogP contribution in [0.1, 0.15) is 30.6 Å². The highest BCUT2D eigenvalue weighted by molar-refractivity contribution is 5.96. The first-order chi connectivity index (χ1) is 10.5. The zero-order valence-corrected chi connectivity index (χ0v) is 13.1. The lowest BCUT2D eigenvalue weighted by atomic mass is 9.99. The molecular formula is C16H22N2O4. The third-order valence-corrected chi connectivity index (χ3v) is 3.43. The molecule has 2 N–H and O–H groups in total. The molecule has 0 aliphatic rings. The first-order valence-corrected chi connectivity index (χ1v) is 7.20. The summed E-state index contributed by atoms with van der Waals surface area (Å²) in [6, 6.07) is 7.89.